The number of imidazole rings is 1. The van der Waals surface area contributed by atoms with Crippen molar-refractivity contribution in [3.63, 3.8) is 0 Å². The van der Waals surface area contributed by atoms with E-state index in [2.05, 4.69) is 15.0 Å². The Hall–Kier alpha value is -0.920. The summed E-state index contributed by atoms with van der Waals surface area (Å²) in [7, 11) is -3.07. The van der Waals surface area contributed by atoms with Crippen molar-refractivity contribution < 1.29 is 8.42 Å². The lowest BCUT2D eigenvalue weighted by atomic mass is 10.5. The molecule has 92 valence electrons. The van der Waals surface area contributed by atoms with Gasteiger partial charge in [-0.05, 0) is 6.92 Å². The summed E-state index contributed by atoms with van der Waals surface area (Å²) in [6.45, 7) is 4.63. The van der Waals surface area contributed by atoms with Crippen molar-refractivity contribution in [1.82, 2.24) is 19.6 Å². The summed E-state index contributed by atoms with van der Waals surface area (Å²) in [6, 6.07) is 0. The van der Waals surface area contributed by atoms with Crippen LogP contribution < -0.4 is 10.0 Å². The van der Waals surface area contributed by atoms with E-state index in [0.717, 1.165) is 25.2 Å². The van der Waals surface area contributed by atoms with Crippen molar-refractivity contribution in [2.45, 2.75) is 13.5 Å². The Bertz CT molecular complexity index is 413. The second-order valence-corrected chi connectivity index (χ2v) is 5.42. The monoisotopic (exact) mass is 246 g/mol. The van der Waals surface area contributed by atoms with Gasteiger partial charge >= 0.3 is 0 Å². The van der Waals surface area contributed by atoms with Crippen LogP contribution in [0.25, 0.3) is 0 Å². The minimum Gasteiger partial charge on any atom is -0.334 e. The van der Waals surface area contributed by atoms with Crippen LogP contribution in [0.4, 0.5) is 0 Å². The van der Waals surface area contributed by atoms with E-state index in [-0.39, 0.29) is 0 Å². The van der Waals surface area contributed by atoms with Crippen LogP contribution in [0.15, 0.2) is 12.4 Å². The zero-order chi connectivity index (χ0) is 12.0. The molecule has 2 N–H and O–H groups in total. The third kappa shape index (κ3) is 5.24. The Morgan fingerprint density at radius 2 is 2.12 bits per heavy atom. The topological polar surface area (TPSA) is 76.0 Å². The highest BCUT2D eigenvalue weighted by Crippen LogP contribution is 1.92. The predicted octanol–water partition coefficient (Wildman–Crippen LogP) is -0.670. The quantitative estimate of drug-likeness (QED) is 0.626. The highest BCUT2D eigenvalue weighted by Gasteiger charge is 1.98. The van der Waals surface area contributed by atoms with Crippen molar-refractivity contribution in [2.24, 2.45) is 0 Å². The smallest absolute Gasteiger partial charge is 0.208 e. The Labute approximate surface area is 96.1 Å². The molecule has 0 fully saturated rings. The molecule has 0 aliphatic heterocycles. The van der Waals surface area contributed by atoms with Gasteiger partial charge in [-0.2, -0.15) is 0 Å². The van der Waals surface area contributed by atoms with Gasteiger partial charge < -0.3 is 9.88 Å². The fraction of sp³-hybridized carbons (Fsp3) is 0.667. The highest BCUT2D eigenvalue weighted by molar-refractivity contribution is 7.88. The maximum Gasteiger partial charge on any atom is 0.208 e. The van der Waals surface area contributed by atoms with Crippen molar-refractivity contribution in [2.75, 3.05) is 25.9 Å². The number of sulfonamides is 1. The average Bonchev–Trinajstić information content (AvgIpc) is 2.56. The minimum absolute atomic E-state index is 0.418. The lowest BCUT2D eigenvalue weighted by Crippen LogP contribution is -2.32. The summed E-state index contributed by atoms with van der Waals surface area (Å²) in [6.07, 6.45) is 4.84. The van der Waals surface area contributed by atoms with Gasteiger partial charge in [-0.3, -0.25) is 0 Å². The first-order chi connectivity index (χ1) is 7.49. The van der Waals surface area contributed by atoms with Gasteiger partial charge in [0.15, 0.2) is 0 Å². The van der Waals surface area contributed by atoms with E-state index in [1.54, 1.807) is 6.20 Å². The highest BCUT2D eigenvalue weighted by atomic mass is 32.2. The Balaban J connectivity index is 2.07. The number of aromatic nitrogens is 2. The van der Waals surface area contributed by atoms with Crippen molar-refractivity contribution in [3.05, 3.63) is 18.2 Å². The maximum absolute atomic E-state index is 10.7. The second-order valence-electron chi connectivity index (χ2n) is 3.58. The summed E-state index contributed by atoms with van der Waals surface area (Å²) in [5.41, 5.74) is 0. The van der Waals surface area contributed by atoms with Crippen LogP contribution in [0, 0.1) is 6.92 Å². The van der Waals surface area contributed by atoms with Crippen LogP contribution in [0.5, 0.6) is 0 Å². The molecule has 1 heterocycles. The van der Waals surface area contributed by atoms with Crippen molar-refractivity contribution >= 4 is 10.0 Å². The first kappa shape index (κ1) is 13.1. The van der Waals surface area contributed by atoms with Crippen molar-refractivity contribution in [1.29, 1.82) is 0 Å². The molecule has 0 radical (unpaired) electrons. The fourth-order valence-corrected chi connectivity index (χ4v) is 1.76. The molecule has 7 heteroatoms. The molecule has 1 aromatic heterocycles. The second kappa shape index (κ2) is 5.97. The minimum atomic E-state index is -3.07. The van der Waals surface area contributed by atoms with Crippen LogP contribution in [-0.4, -0.2) is 43.9 Å². The number of rotatable bonds is 7. The molecule has 0 amide bonds. The van der Waals surface area contributed by atoms with Crippen LogP contribution in [-0.2, 0) is 16.6 Å². The molecule has 0 aliphatic carbocycles. The number of hydrogen-bond donors (Lipinski definition) is 2. The SMILES string of the molecule is Cc1nccn1CCNCCNS(C)(=O)=O. The van der Waals surface area contributed by atoms with Crippen LogP contribution in [0.2, 0.25) is 0 Å². The number of hydrogen-bond acceptors (Lipinski definition) is 4. The lowest BCUT2D eigenvalue weighted by molar-refractivity contribution is 0.567. The van der Waals surface area contributed by atoms with Gasteiger partial charge in [0.1, 0.15) is 5.82 Å². The molecule has 1 rings (SSSR count). The Morgan fingerprint density at radius 3 is 2.69 bits per heavy atom. The molecule has 6 nitrogen and oxygen atoms in total. The van der Waals surface area contributed by atoms with E-state index < -0.39 is 10.0 Å². The molecule has 0 saturated heterocycles. The van der Waals surface area contributed by atoms with Gasteiger partial charge in [-0.15, -0.1) is 0 Å². The lowest BCUT2D eigenvalue weighted by Gasteiger charge is -2.07. The number of aryl methyl sites for hydroxylation is 1. The third-order valence-electron chi connectivity index (χ3n) is 2.12. The van der Waals surface area contributed by atoms with Gasteiger partial charge in [-0.1, -0.05) is 0 Å². The van der Waals surface area contributed by atoms with Gasteiger partial charge in [0, 0.05) is 38.6 Å². The molecule has 0 bridgehead atoms. The molecule has 0 saturated carbocycles. The Kier molecular flexibility index (Phi) is 4.91. The predicted molar refractivity (Wildman–Crippen MR) is 62.7 cm³/mol. The van der Waals surface area contributed by atoms with E-state index in [4.69, 9.17) is 0 Å². The first-order valence-corrected chi connectivity index (χ1v) is 7.01. The molecule has 16 heavy (non-hydrogen) atoms. The average molecular weight is 246 g/mol. The van der Waals surface area contributed by atoms with Gasteiger partial charge in [-0.25, -0.2) is 18.1 Å². The molecule has 1 aromatic rings. The largest absolute Gasteiger partial charge is 0.334 e. The van der Waals surface area contributed by atoms with Gasteiger partial charge in [0.05, 0.1) is 6.26 Å². The summed E-state index contributed by atoms with van der Waals surface area (Å²) < 4.78 is 25.9. The zero-order valence-corrected chi connectivity index (χ0v) is 10.4. The molecule has 0 aromatic carbocycles. The summed E-state index contributed by atoms with van der Waals surface area (Å²) in [4.78, 5) is 4.11. The first-order valence-electron chi connectivity index (χ1n) is 5.12. The molecule has 0 spiro atoms. The van der Waals surface area contributed by atoms with E-state index in [1.807, 2.05) is 17.7 Å². The van der Waals surface area contributed by atoms with Crippen LogP contribution in [0.1, 0.15) is 5.82 Å². The van der Waals surface area contributed by atoms with Gasteiger partial charge in [0.2, 0.25) is 10.0 Å². The van der Waals surface area contributed by atoms with E-state index in [0.29, 0.717) is 13.1 Å². The Morgan fingerprint density at radius 1 is 1.38 bits per heavy atom. The van der Waals surface area contributed by atoms with Crippen LogP contribution in [0.3, 0.4) is 0 Å². The van der Waals surface area contributed by atoms with E-state index >= 15 is 0 Å². The summed E-state index contributed by atoms with van der Waals surface area (Å²) >= 11 is 0. The number of nitrogens with one attached hydrogen (secondary N) is 2. The molecular weight excluding hydrogens is 228 g/mol. The van der Waals surface area contributed by atoms with E-state index in [1.165, 1.54) is 0 Å². The van der Waals surface area contributed by atoms with Crippen molar-refractivity contribution in [3.8, 4) is 0 Å². The summed E-state index contributed by atoms with van der Waals surface area (Å²) in [5.74, 6) is 0.982. The normalized spacial score (nSPS) is 11.9. The standard InChI is InChI=1S/C9H18N4O2S/c1-9-11-6-8-13(9)7-5-10-3-4-12-16(2,14)15/h6,8,10,12H,3-5,7H2,1-2H3. The fourth-order valence-electron chi connectivity index (χ4n) is 1.29. The number of nitrogens with zero attached hydrogens (tertiary/aromatic N) is 2. The zero-order valence-electron chi connectivity index (χ0n) is 9.60. The molecule has 0 aliphatic rings. The van der Waals surface area contributed by atoms with Gasteiger partial charge in [0.25, 0.3) is 0 Å². The third-order valence-corrected chi connectivity index (χ3v) is 2.85. The molecule has 0 atom stereocenters. The van der Waals surface area contributed by atoms with Crippen LogP contribution >= 0.6 is 0 Å². The summed E-state index contributed by atoms with van der Waals surface area (Å²) in [5, 5.41) is 3.15. The maximum atomic E-state index is 10.7. The molecular formula is C9H18N4O2S. The van der Waals surface area contributed by atoms with E-state index in [9.17, 15) is 8.42 Å². The molecule has 0 unspecified atom stereocenters.